The Morgan fingerprint density at radius 2 is 2.00 bits per heavy atom. The second-order valence-electron chi connectivity index (χ2n) is 6.19. The van der Waals surface area contributed by atoms with Crippen molar-refractivity contribution in [2.24, 2.45) is 0 Å². The number of hydrogen-bond acceptors (Lipinski definition) is 4. The van der Waals surface area contributed by atoms with Gasteiger partial charge in [-0.15, -0.1) is 0 Å². The van der Waals surface area contributed by atoms with E-state index in [1.807, 2.05) is 0 Å². The topological polar surface area (TPSA) is 55.6 Å². The molecule has 0 spiro atoms. The maximum Gasteiger partial charge on any atom is 0.226 e. The Hall–Kier alpha value is -1.92. The van der Waals surface area contributed by atoms with Crippen molar-refractivity contribution in [2.75, 3.05) is 5.32 Å². The Morgan fingerprint density at radius 1 is 1.20 bits per heavy atom. The van der Waals surface area contributed by atoms with Crippen molar-refractivity contribution in [3.05, 3.63) is 46.2 Å². The number of nitrogens with zero attached hydrogens (tertiary/aromatic N) is 4. The zero-order valence-corrected chi connectivity index (χ0v) is 14.9. The van der Waals surface area contributed by atoms with Gasteiger partial charge in [-0.2, -0.15) is 9.97 Å². The van der Waals surface area contributed by atoms with Crippen LogP contribution in [-0.2, 0) is 6.54 Å². The number of hydrogen-bond donors (Lipinski definition) is 1. The highest BCUT2D eigenvalue weighted by Crippen LogP contribution is 2.33. The van der Waals surface area contributed by atoms with E-state index in [1.165, 1.54) is 18.9 Å². The molecule has 0 atom stereocenters. The molecule has 2 heterocycles. The van der Waals surface area contributed by atoms with E-state index >= 15 is 0 Å². The molecule has 5 nitrogen and oxygen atoms in total. The molecule has 2 aromatic heterocycles. The second kappa shape index (κ2) is 6.77. The molecule has 8 heteroatoms. The van der Waals surface area contributed by atoms with Crippen LogP contribution < -0.4 is 5.32 Å². The lowest BCUT2D eigenvalue weighted by Crippen LogP contribution is -2.07. The number of imidazole rings is 1. The zero-order chi connectivity index (χ0) is 17.4. The maximum absolute atomic E-state index is 14.0. The van der Waals surface area contributed by atoms with Crippen LogP contribution >= 0.6 is 23.2 Å². The Labute approximate surface area is 154 Å². The maximum atomic E-state index is 14.0. The molecular weight excluding hydrogens is 364 g/mol. The third-order valence-corrected chi connectivity index (χ3v) is 4.98. The van der Waals surface area contributed by atoms with Crippen molar-refractivity contribution in [3.63, 3.8) is 0 Å². The standard InChI is InChI=1S/C17H16Cl2FN5/c18-11-6-5-10(13(20)7-11)8-21-15-14-16(24-17(19)23-15)25(9-22-14)12-3-1-2-4-12/h5-7,9,12H,1-4,8H2,(H,21,23,24). The fraction of sp³-hybridized carbons (Fsp3) is 0.353. The van der Waals surface area contributed by atoms with Crippen molar-refractivity contribution < 1.29 is 4.39 Å². The molecule has 0 unspecified atom stereocenters. The van der Waals surface area contributed by atoms with Gasteiger partial charge in [0.25, 0.3) is 0 Å². The number of rotatable bonds is 4. The van der Waals surface area contributed by atoms with E-state index < -0.39 is 0 Å². The summed E-state index contributed by atoms with van der Waals surface area (Å²) < 4.78 is 16.0. The largest absolute Gasteiger partial charge is 0.364 e. The van der Waals surface area contributed by atoms with Gasteiger partial charge in [0.05, 0.1) is 6.33 Å². The van der Waals surface area contributed by atoms with Crippen LogP contribution in [0.1, 0.15) is 37.3 Å². The zero-order valence-electron chi connectivity index (χ0n) is 13.3. The first kappa shape index (κ1) is 16.5. The number of anilines is 1. The van der Waals surface area contributed by atoms with Crippen LogP contribution in [0.2, 0.25) is 10.3 Å². The van der Waals surface area contributed by atoms with Gasteiger partial charge in [0.1, 0.15) is 5.82 Å². The van der Waals surface area contributed by atoms with Crippen LogP contribution in [0.4, 0.5) is 10.2 Å². The lowest BCUT2D eigenvalue weighted by atomic mass is 10.2. The van der Waals surface area contributed by atoms with Crippen molar-refractivity contribution >= 4 is 40.2 Å². The number of nitrogens with one attached hydrogen (secondary N) is 1. The molecule has 1 aliphatic rings. The van der Waals surface area contributed by atoms with Gasteiger partial charge < -0.3 is 9.88 Å². The summed E-state index contributed by atoms with van der Waals surface area (Å²) in [6, 6.07) is 4.98. The Balaban J connectivity index is 1.65. The third kappa shape index (κ3) is 3.28. The summed E-state index contributed by atoms with van der Waals surface area (Å²) in [5.74, 6) is 0.133. The number of fused-ring (bicyclic) bond motifs is 1. The van der Waals surface area contributed by atoms with E-state index in [4.69, 9.17) is 23.2 Å². The lowest BCUT2D eigenvalue weighted by molar-refractivity contribution is 0.529. The van der Waals surface area contributed by atoms with Crippen LogP contribution in [-0.4, -0.2) is 19.5 Å². The normalized spacial score (nSPS) is 15.2. The summed E-state index contributed by atoms with van der Waals surface area (Å²) in [5.41, 5.74) is 1.85. The van der Waals surface area contributed by atoms with Crippen LogP contribution in [0.5, 0.6) is 0 Å². The molecule has 1 N–H and O–H groups in total. The van der Waals surface area contributed by atoms with Gasteiger partial charge in [-0.25, -0.2) is 9.37 Å². The fourth-order valence-electron chi connectivity index (χ4n) is 3.31. The van der Waals surface area contributed by atoms with Gasteiger partial charge in [-0.05, 0) is 36.6 Å². The summed E-state index contributed by atoms with van der Waals surface area (Å²) in [6.07, 6.45) is 6.45. The van der Waals surface area contributed by atoms with Crippen LogP contribution in [0.3, 0.4) is 0 Å². The highest BCUT2D eigenvalue weighted by molar-refractivity contribution is 6.30. The SMILES string of the molecule is Fc1cc(Cl)ccc1CNc1nc(Cl)nc2c1ncn2C1CCCC1. The Bertz CT molecular complexity index is 921. The number of halogens is 3. The molecule has 25 heavy (non-hydrogen) atoms. The molecule has 1 fully saturated rings. The minimum Gasteiger partial charge on any atom is -0.364 e. The van der Waals surface area contributed by atoms with Gasteiger partial charge in [0.15, 0.2) is 17.0 Å². The van der Waals surface area contributed by atoms with Crippen molar-refractivity contribution in [1.82, 2.24) is 19.5 Å². The monoisotopic (exact) mass is 379 g/mol. The third-order valence-electron chi connectivity index (χ3n) is 4.57. The van der Waals surface area contributed by atoms with Gasteiger partial charge in [0, 0.05) is 23.2 Å². The van der Waals surface area contributed by atoms with Gasteiger partial charge in [-0.1, -0.05) is 30.5 Å². The Morgan fingerprint density at radius 3 is 2.76 bits per heavy atom. The molecule has 0 saturated heterocycles. The van der Waals surface area contributed by atoms with Crippen molar-refractivity contribution in [2.45, 2.75) is 38.3 Å². The lowest BCUT2D eigenvalue weighted by Gasteiger charge is -2.12. The highest BCUT2D eigenvalue weighted by Gasteiger charge is 2.21. The number of aromatic nitrogens is 4. The smallest absolute Gasteiger partial charge is 0.226 e. The van der Waals surface area contributed by atoms with E-state index in [2.05, 4.69) is 24.8 Å². The molecule has 1 saturated carbocycles. The first-order valence-corrected chi connectivity index (χ1v) is 8.95. The molecule has 4 rings (SSSR count). The molecule has 0 aliphatic heterocycles. The van der Waals surface area contributed by atoms with Crippen LogP contribution in [0, 0.1) is 5.82 Å². The molecule has 130 valence electrons. The average molecular weight is 380 g/mol. The van der Waals surface area contributed by atoms with Gasteiger partial charge in [0.2, 0.25) is 5.28 Å². The fourth-order valence-corrected chi connectivity index (χ4v) is 3.63. The predicted molar refractivity (Wildman–Crippen MR) is 96.6 cm³/mol. The van der Waals surface area contributed by atoms with Crippen molar-refractivity contribution in [3.8, 4) is 0 Å². The van der Waals surface area contributed by atoms with E-state index in [9.17, 15) is 4.39 Å². The molecule has 1 aliphatic carbocycles. The predicted octanol–water partition coefficient (Wildman–Crippen LogP) is 5.00. The summed E-state index contributed by atoms with van der Waals surface area (Å²) in [7, 11) is 0. The summed E-state index contributed by atoms with van der Waals surface area (Å²) in [4.78, 5) is 13.0. The van der Waals surface area contributed by atoms with E-state index in [0.29, 0.717) is 33.6 Å². The summed E-state index contributed by atoms with van der Waals surface area (Å²) in [6.45, 7) is 0.252. The van der Waals surface area contributed by atoms with E-state index in [1.54, 1.807) is 18.5 Å². The molecule has 3 aromatic rings. The molecule has 0 bridgehead atoms. The van der Waals surface area contributed by atoms with Crippen LogP contribution in [0.25, 0.3) is 11.2 Å². The first-order valence-electron chi connectivity index (χ1n) is 8.19. The van der Waals surface area contributed by atoms with Gasteiger partial charge in [-0.3, -0.25) is 0 Å². The Kier molecular flexibility index (Phi) is 4.48. The van der Waals surface area contributed by atoms with Crippen molar-refractivity contribution in [1.29, 1.82) is 0 Å². The number of benzene rings is 1. The van der Waals surface area contributed by atoms with Gasteiger partial charge >= 0.3 is 0 Å². The minimum atomic E-state index is -0.368. The second-order valence-corrected chi connectivity index (χ2v) is 6.97. The molecule has 1 aromatic carbocycles. The first-order chi connectivity index (χ1) is 12.1. The minimum absolute atomic E-state index is 0.145. The van der Waals surface area contributed by atoms with Crippen LogP contribution in [0.15, 0.2) is 24.5 Å². The summed E-state index contributed by atoms with van der Waals surface area (Å²) in [5, 5.41) is 3.62. The molecule has 0 amide bonds. The summed E-state index contributed by atoms with van der Waals surface area (Å²) >= 11 is 11.9. The molecule has 0 radical (unpaired) electrons. The highest BCUT2D eigenvalue weighted by atomic mass is 35.5. The van der Waals surface area contributed by atoms with E-state index in [-0.39, 0.29) is 17.6 Å². The molecular formula is C17H16Cl2FN5. The quantitative estimate of drug-likeness (QED) is 0.648. The van der Waals surface area contributed by atoms with E-state index in [0.717, 1.165) is 12.8 Å². The average Bonchev–Trinajstić information content (AvgIpc) is 3.22.